The Hall–Kier alpha value is -2.29. The van der Waals surface area contributed by atoms with Crippen molar-refractivity contribution in [3.8, 4) is 5.75 Å². The fourth-order valence-electron chi connectivity index (χ4n) is 2.59. The molecule has 0 bridgehead atoms. The predicted octanol–water partition coefficient (Wildman–Crippen LogP) is 4.10. The Kier molecular flexibility index (Phi) is 6.21. The molecule has 0 aromatic heterocycles. The Balaban J connectivity index is 2.05. The molecule has 0 radical (unpaired) electrons. The minimum absolute atomic E-state index is 0.0783. The first-order valence-corrected chi connectivity index (χ1v) is 8.22. The fraction of sp³-hybridized carbons (Fsp3) is 0.350. The molecule has 0 saturated carbocycles. The van der Waals surface area contributed by atoms with Gasteiger partial charge in [0.15, 0.2) is 0 Å². The highest BCUT2D eigenvalue weighted by Gasteiger charge is 2.15. The quantitative estimate of drug-likeness (QED) is 0.770. The molecule has 0 heterocycles. The number of likely N-dealkylation sites (N-methyl/N-ethyl adjacent to an activating group) is 1. The lowest BCUT2D eigenvalue weighted by Crippen LogP contribution is -2.32. The lowest BCUT2D eigenvalue weighted by molar-refractivity contribution is 0.0766. The molecule has 0 spiro atoms. The van der Waals surface area contributed by atoms with E-state index in [0.29, 0.717) is 13.2 Å². The molecule has 0 aliphatic rings. The molecule has 1 amide bonds. The summed E-state index contributed by atoms with van der Waals surface area (Å²) in [7, 11) is 0. The number of benzene rings is 2. The van der Waals surface area contributed by atoms with Crippen LogP contribution in [0.25, 0.3) is 0 Å². The monoisotopic (exact) mass is 311 g/mol. The van der Waals surface area contributed by atoms with Crippen LogP contribution in [0.4, 0.5) is 0 Å². The summed E-state index contributed by atoms with van der Waals surface area (Å²) in [5.41, 5.74) is 2.97. The zero-order valence-electron chi connectivity index (χ0n) is 14.2. The summed E-state index contributed by atoms with van der Waals surface area (Å²) in [5.74, 6) is 0.922. The zero-order chi connectivity index (χ0) is 16.7. The molecule has 0 N–H and O–H groups in total. The van der Waals surface area contributed by atoms with Gasteiger partial charge in [-0.15, -0.1) is 0 Å². The molecule has 0 atom stereocenters. The van der Waals surface area contributed by atoms with Gasteiger partial charge in [0.2, 0.25) is 0 Å². The van der Waals surface area contributed by atoms with Crippen molar-refractivity contribution in [2.75, 3.05) is 19.7 Å². The first-order chi connectivity index (χ1) is 11.2. The highest BCUT2D eigenvalue weighted by Crippen LogP contribution is 2.20. The molecule has 3 heteroatoms. The summed E-state index contributed by atoms with van der Waals surface area (Å²) in [6, 6.07) is 15.9. The minimum atomic E-state index is 0.0783. The first kappa shape index (κ1) is 17.1. The van der Waals surface area contributed by atoms with Crippen molar-refractivity contribution in [3.63, 3.8) is 0 Å². The molecule has 0 fully saturated rings. The van der Waals surface area contributed by atoms with Crippen molar-refractivity contribution < 1.29 is 9.53 Å². The summed E-state index contributed by atoms with van der Waals surface area (Å²) in [6.45, 7) is 8.02. The van der Waals surface area contributed by atoms with Gasteiger partial charge in [-0.2, -0.15) is 0 Å². The van der Waals surface area contributed by atoms with Crippen LogP contribution in [0.5, 0.6) is 5.75 Å². The number of ether oxygens (including phenoxy) is 1. The maximum atomic E-state index is 12.7. The summed E-state index contributed by atoms with van der Waals surface area (Å²) in [4.78, 5) is 14.6. The van der Waals surface area contributed by atoms with Gasteiger partial charge >= 0.3 is 0 Å². The van der Waals surface area contributed by atoms with E-state index < -0.39 is 0 Å². The second-order valence-corrected chi connectivity index (χ2v) is 5.53. The van der Waals surface area contributed by atoms with Crippen LogP contribution in [0.3, 0.4) is 0 Å². The van der Waals surface area contributed by atoms with E-state index in [0.717, 1.165) is 29.8 Å². The number of hydrogen-bond donors (Lipinski definition) is 0. The summed E-state index contributed by atoms with van der Waals surface area (Å²) in [5, 5.41) is 0. The average Bonchev–Trinajstić information content (AvgIpc) is 2.58. The molecule has 0 aliphatic carbocycles. The van der Waals surface area contributed by atoms with Gasteiger partial charge in [0.1, 0.15) is 5.75 Å². The maximum absolute atomic E-state index is 12.7. The van der Waals surface area contributed by atoms with Crippen molar-refractivity contribution in [2.45, 2.75) is 27.2 Å². The van der Waals surface area contributed by atoms with Crippen LogP contribution in [0.2, 0.25) is 0 Å². The van der Waals surface area contributed by atoms with Crippen LogP contribution in [0.1, 0.15) is 35.3 Å². The largest absolute Gasteiger partial charge is 0.494 e. The molecular weight excluding hydrogens is 286 g/mol. The Labute approximate surface area is 138 Å². The van der Waals surface area contributed by atoms with Gasteiger partial charge in [-0.1, -0.05) is 30.3 Å². The first-order valence-electron chi connectivity index (χ1n) is 8.22. The minimum Gasteiger partial charge on any atom is -0.494 e. The molecule has 2 rings (SSSR count). The topological polar surface area (TPSA) is 29.5 Å². The van der Waals surface area contributed by atoms with E-state index in [1.54, 1.807) is 0 Å². The van der Waals surface area contributed by atoms with Gasteiger partial charge < -0.3 is 9.64 Å². The van der Waals surface area contributed by atoms with E-state index in [9.17, 15) is 4.79 Å². The van der Waals surface area contributed by atoms with E-state index in [1.807, 2.05) is 62.1 Å². The number of nitrogens with zero attached hydrogens (tertiary/aromatic N) is 1. The number of carbonyl (C=O) groups excluding carboxylic acids is 1. The van der Waals surface area contributed by atoms with Gasteiger partial charge in [0, 0.05) is 18.7 Å². The highest BCUT2D eigenvalue weighted by molar-refractivity contribution is 5.94. The van der Waals surface area contributed by atoms with Gasteiger partial charge in [0.25, 0.3) is 5.91 Å². The Morgan fingerprint density at radius 2 is 1.83 bits per heavy atom. The third-order valence-electron chi connectivity index (χ3n) is 3.90. The number of hydrogen-bond acceptors (Lipinski definition) is 2. The molecule has 2 aromatic carbocycles. The van der Waals surface area contributed by atoms with E-state index in [4.69, 9.17) is 4.74 Å². The molecule has 2 aromatic rings. The Morgan fingerprint density at radius 3 is 2.43 bits per heavy atom. The highest BCUT2D eigenvalue weighted by atomic mass is 16.5. The van der Waals surface area contributed by atoms with Crippen molar-refractivity contribution in [2.24, 2.45) is 0 Å². The van der Waals surface area contributed by atoms with Crippen LogP contribution >= 0.6 is 0 Å². The van der Waals surface area contributed by atoms with Gasteiger partial charge in [-0.25, -0.2) is 0 Å². The van der Waals surface area contributed by atoms with Crippen LogP contribution in [0.15, 0.2) is 48.5 Å². The summed E-state index contributed by atoms with van der Waals surface area (Å²) >= 11 is 0. The van der Waals surface area contributed by atoms with Crippen molar-refractivity contribution in [1.29, 1.82) is 0 Å². The third-order valence-corrected chi connectivity index (χ3v) is 3.90. The van der Waals surface area contributed by atoms with Crippen molar-refractivity contribution >= 4 is 5.91 Å². The van der Waals surface area contributed by atoms with Crippen LogP contribution in [-0.4, -0.2) is 30.5 Å². The van der Waals surface area contributed by atoms with E-state index in [2.05, 4.69) is 12.1 Å². The summed E-state index contributed by atoms with van der Waals surface area (Å²) < 4.78 is 5.54. The zero-order valence-corrected chi connectivity index (χ0v) is 14.2. The molecule has 23 heavy (non-hydrogen) atoms. The van der Waals surface area contributed by atoms with Crippen molar-refractivity contribution in [3.05, 3.63) is 65.2 Å². The normalized spacial score (nSPS) is 10.4. The molecule has 0 saturated heterocycles. The van der Waals surface area contributed by atoms with Crippen molar-refractivity contribution in [1.82, 2.24) is 4.90 Å². The lowest BCUT2D eigenvalue weighted by Gasteiger charge is -2.21. The number of aryl methyl sites for hydroxylation is 1. The van der Waals surface area contributed by atoms with Crippen LogP contribution in [-0.2, 0) is 6.42 Å². The Morgan fingerprint density at radius 1 is 1.09 bits per heavy atom. The Bertz CT molecular complexity index is 637. The van der Waals surface area contributed by atoms with Gasteiger partial charge in [-0.05, 0) is 56.5 Å². The van der Waals surface area contributed by atoms with E-state index in [-0.39, 0.29) is 5.91 Å². The lowest BCUT2D eigenvalue weighted by atomic mass is 10.1. The fourth-order valence-corrected chi connectivity index (χ4v) is 2.59. The summed E-state index contributed by atoms with van der Waals surface area (Å²) in [6.07, 6.45) is 0.871. The average molecular weight is 311 g/mol. The van der Waals surface area contributed by atoms with E-state index in [1.165, 1.54) is 5.56 Å². The van der Waals surface area contributed by atoms with Gasteiger partial charge in [-0.3, -0.25) is 4.79 Å². The van der Waals surface area contributed by atoms with Gasteiger partial charge in [0.05, 0.1) is 6.61 Å². The number of amides is 1. The second kappa shape index (κ2) is 8.37. The predicted molar refractivity (Wildman–Crippen MR) is 94.1 cm³/mol. The second-order valence-electron chi connectivity index (χ2n) is 5.53. The van der Waals surface area contributed by atoms with Crippen LogP contribution in [0, 0.1) is 6.92 Å². The molecule has 0 aliphatic heterocycles. The molecule has 3 nitrogen and oxygen atoms in total. The third kappa shape index (κ3) is 4.59. The smallest absolute Gasteiger partial charge is 0.253 e. The molecular formula is C20H25NO2. The number of rotatable bonds is 7. The number of carbonyl (C=O) groups is 1. The SMILES string of the molecule is CCOc1ccc(C(=O)N(CC)CCc2ccccc2)cc1C. The molecule has 122 valence electrons. The molecule has 0 unspecified atom stereocenters. The standard InChI is InChI=1S/C20H25NO2/c1-4-21(14-13-17-9-7-6-8-10-17)20(22)18-11-12-19(23-5-2)16(3)15-18/h6-12,15H,4-5,13-14H2,1-3H3. The maximum Gasteiger partial charge on any atom is 0.253 e. The van der Waals surface area contributed by atoms with E-state index >= 15 is 0 Å². The van der Waals surface area contributed by atoms with Crippen LogP contribution < -0.4 is 4.74 Å².